The van der Waals surface area contributed by atoms with Crippen LogP contribution in [-0.2, 0) is 7.05 Å². The molecule has 1 aromatic carbocycles. The summed E-state index contributed by atoms with van der Waals surface area (Å²) in [5.41, 5.74) is 10.2. The lowest BCUT2D eigenvalue weighted by molar-refractivity contribution is 0.418. The lowest BCUT2D eigenvalue weighted by Gasteiger charge is -2.06. The van der Waals surface area contributed by atoms with Crippen LogP contribution in [0.25, 0.3) is 10.9 Å². The molecule has 0 aliphatic carbocycles. The number of hydrogen-bond acceptors (Lipinski definition) is 2. The Morgan fingerprint density at radius 1 is 1.27 bits per heavy atom. The van der Waals surface area contributed by atoms with Crippen molar-refractivity contribution in [1.29, 1.82) is 0 Å². The number of methoxy groups -OCH3 is 1. The van der Waals surface area contributed by atoms with E-state index in [9.17, 15) is 0 Å². The Morgan fingerprint density at radius 2 is 1.93 bits per heavy atom. The normalized spacial score (nSPS) is 10.9. The molecule has 2 rings (SSSR count). The minimum absolute atomic E-state index is 0.744. The maximum Gasteiger partial charge on any atom is 0.145 e. The maximum atomic E-state index is 5.84. The third-order valence-electron chi connectivity index (χ3n) is 3.10. The molecule has 0 unspecified atom stereocenters. The van der Waals surface area contributed by atoms with Crippen LogP contribution in [0.15, 0.2) is 12.1 Å². The van der Waals surface area contributed by atoms with Crippen LogP contribution in [0.4, 0.5) is 5.69 Å². The van der Waals surface area contributed by atoms with Gasteiger partial charge in [-0.1, -0.05) is 0 Å². The first-order chi connectivity index (χ1) is 7.06. The molecule has 0 radical (unpaired) electrons. The van der Waals surface area contributed by atoms with Gasteiger partial charge < -0.3 is 15.0 Å². The molecule has 0 spiro atoms. The van der Waals surface area contributed by atoms with E-state index in [1.807, 2.05) is 19.2 Å². The zero-order chi connectivity index (χ0) is 11.2. The highest BCUT2D eigenvalue weighted by molar-refractivity contribution is 5.92. The smallest absolute Gasteiger partial charge is 0.145 e. The number of ether oxygens (including phenoxy) is 1. The molecule has 0 bridgehead atoms. The topological polar surface area (TPSA) is 40.2 Å². The number of fused-ring (bicyclic) bond motifs is 1. The summed E-state index contributed by atoms with van der Waals surface area (Å²) in [5, 5.41) is 1.17. The minimum Gasteiger partial charge on any atom is -0.494 e. The third-order valence-corrected chi connectivity index (χ3v) is 3.10. The van der Waals surface area contributed by atoms with Gasteiger partial charge in [-0.2, -0.15) is 0 Å². The summed E-state index contributed by atoms with van der Waals surface area (Å²) in [4.78, 5) is 0. The maximum absolute atomic E-state index is 5.84. The number of nitrogens with zero attached hydrogens (tertiary/aromatic N) is 1. The van der Waals surface area contributed by atoms with E-state index in [0.717, 1.165) is 17.0 Å². The monoisotopic (exact) mass is 204 g/mol. The van der Waals surface area contributed by atoms with Crippen molar-refractivity contribution in [3.63, 3.8) is 0 Å². The van der Waals surface area contributed by atoms with Crippen LogP contribution in [0, 0.1) is 13.8 Å². The second-order valence-corrected chi connectivity index (χ2v) is 3.89. The van der Waals surface area contributed by atoms with Crippen molar-refractivity contribution in [2.24, 2.45) is 7.05 Å². The standard InChI is InChI=1S/C12H16N2O/c1-7-8(2)14(3)12-10(7)5-9(13)6-11(12)15-4/h5-6H,13H2,1-4H3. The molecule has 0 aliphatic rings. The van der Waals surface area contributed by atoms with E-state index in [1.165, 1.54) is 16.6 Å². The van der Waals surface area contributed by atoms with Crippen LogP contribution in [0.1, 0.15) is 11.3 Å². The fourth-order valence-corrected chi connectivity index (χ4v) is 2.03. The molecule has 0 saturated carbocycles. The average molecular weight is 204 g/mol. The summed E-state index contributed by atoms with van der Waals surface area (Å²) in [6, 6.07) is 3.86. The summed E-state index contributed by atoms with van der Waals surface area (Å²) >= 11 is 0. The molecule has 1 heterocycles. The first-order valence-electron chi connectivity index (χ1n) is 4.95. The zero-order valence-corrected chi connectivity index (χ0v) is 9.59. The van der Waals surface area contributed by atoms with Gasteiger partial charge in [-0.05, 0) is 25.5 Å². The highest BCUT2D eigenvalue weighted by atomic mass is 16.5. The van der Waals surface area contributed by atoms with Crippen molar-refractivity contribution >= 4 is 16.6 Å². The summed E-state index contributed by atoms with van der Waals surface area (Å²) in [7, 11) is 3.72. The van der Waals surface area contributed by atoms with E-state index < -0.39 is 0 Å². The van der Waals surface area contributed by atoms with Gasteiger partial charge in [0.15, 0.2) is 0 Å². The van der Waals surface area contributed by atoms with Crippen molar-refractivity contribution in [2.45, 2.75) is 13.8 Å². The van der Waals surface area contributed by atoms with Gasteiger partial charge in [0.1, 0.15) is 5.75 Å². The van der Waals surface area contributed by atoms with E-state index in [0.29, 0.717) is 0 Å². The van der Waals surface area contributed by atoms with Crippen LogP contribution >= 0.6 is 0 Å². The van der Waals surface area contributed by atoms with Gasteiger partial charge in [0.25, 0.3) is 0 Å². The number of hydrogen-bond donors (Lipinski definition) is 1. The summed E-state index contributed by atoms with van der Waals surface area (Å²) in [6.45, 7) is 4.21. The second-order valence-electron chi connectivity index (χ2n) is 3.89. The van der Waals surface area contributed by atoms with Crippen LogP contribution in [0.3, 0.4) is 0 Å². The van der Waals surface area contributed by atoms with E-state index in [-0.39, 0.29) is 0 Å². The van der Waals surface area contributed by atoms with E-state index in [4.69, 9.17) is 10.5 Å². The van der Waals surface area contributed by atoms with Crippen molar-refractivity contribution in [3.8, 4) is 5.75 Å². The van der Waals surface area contributed by atoms with Gasteiger partial charge in [0, 0.05) is 29.9 Å². The molecule has 3 nitrogen and oxygen atoms in total. The Kier molecular flexibility index (Phi) is 2.11. The Bertz CT molecular complexity index is 526. The number of aryl methyl sites for hydroxylation is 2. The van der Waals surface area contributed by atoms with Crippen molar-refractivity contribution in [1.82, 2.24) is 4.57 Å². The SMILES string of the molecule is COc1cc(N)cc2c(C)c(C)n(C)c12. The van der Waals surface area contributed by atoms with Gasteiger partial charge in [-0.3, -0.25) is 0 Å². The van der Waals surface area contributed by atoms with Crippen molar-refractivity contribution < 1.29 is 4.74 Å². The Balaban J connectivity index is 2.96. The molecule has 0 fully saturated rings. The molecule has 2 aromatic rings. The molecule has 15 heavy (non-hydrogen) atoms. The van der Waals surface area contributed by atoms with E-state index in [1.54, 1.807) is 7.11 Å². The predicted molar refractivity (Wildman–Crippen MR) is 63.4 cm³/mol. The van der Waals surface area contributed by atoms with Gasteiger partial charge in [-0.15, -0.1) is 0 Å². The third kappa shape index (κ3) is 1.27. The fourth-order valence-electron chi connectivity index (χ4n) is 2.03. The molecular formula is C12H16N2O. The largest absolute Gasteiger partial charge is 0.494 e. The lowest BCUT2D eigenvalue weighted by Crippen LogP contribution is -1.94. The molecule has 0 amide bonds. The van der Waals surface area contributed by atoms with Crippen molar-refractivity contribution in [3.05, 3.63) is 23.4 Å². The van der Waals surface area contributed by atoms with E-state index in [2.05, 4.69) is 18.4 Å². The Morgan fingerprint density at radius 3 is 2.53 bits per heavy atom. The van der Waals surface area contributed by atoms with Gasteiger partial charge in [-0.25, -0.2) is 0 Å². The van der Waals surface area contributed by atoms with Gasteiger partial charge in [0.2, 0.25) is 0 Å². The van der Waals surface area contributed by atoms with Crippen molar-refractivity contribution in [2.75, 3.05) is 12.8 Å². The number of aromatic nitrogens is 1. The molecule has 1 aromatic heterocycles. The Hall–Kier alpha value is -1.64. The molecule has 0 saturated heterocycles. The quantitative estimate of drug-likeness (QED) is 0.724. The first kappa shape index (κ1) is 9.90. The van der Waals surface area contributed by atoms with Crippen LogP contribution in [-0.4, -0.2) is 11.7 Å². The summed E-state index contributed by atoms with van der Waals surface area (Å²) in [6.07, 6.45) is 0. The minimum atomic E-state index is 0.744. The predicted octanol–water partition coefficient (Wildman–Crippen LogP) is 2.39. The second kappa shape index (κ2) is 3.19. The zero-order valence-electron chi connectivity index (χ0n) is 9.59. The number of rotatable bonds is 1. The first-order valence-corrected chi connectivity index (χ1v) is 4.95. The number of nitrogen functional groups attached to an aromatic ring is 1. The summed E-state index contributed by atoms with van der Waals surface area (Å²) in [5.74, 6) is 0.837. The molecule has 80 valence electrons. The van der Waals surface area contributed by atoms with Crippen LogP contribution in [0.2, 0.25) is 0 Å². The number of benzene rings is 1. The lowest BCUT2D eigenvalue weighted by atomic mass is 10.1. The molecular weight excluding hydrogens is 188 g/mol. The van der Waals surface area contributed by atoms with Gasteiger partial charge >= 0.3 is 0 Å². The van der Waals surface area contributed by atoms with Gasteiger partial charge in [0.05, 0.1) is 12.6 Å². The molecule has 0 aliphatic heterocycles. The number of anilines is 1. The summed E-state index contributed by atoms with van der Waals surface area (Å²) < 4.78 is 7.50. The Labute approximate surface area is 89.4 Å². The average Bonchev–Trinajstić information content (AvgIpc) is 2.43. The fraction of sp³-hybridized carbons (Fsp3) is 0.333. The number of nitrogens with two attached hydrogens (primary N) is 1. The van der Waals surface area contributed by atoms with Crippen LogP contribution in [0.5, 0.6) is 5.75 Å². The molecule has 2 N–H and O–H groups in total. The van der Waals surface area contributed by atoms with Crippen LogP contribution < -0.4 is 10.5 Å². The van der Waals surface area contributed by atoms with E-state index >= 15 is 0 Å². The highest BCUT2D eigenvalue weighted by Gasteiger charge is 2.13. The highest BCUT2D eigenvalue weighted by Crippen LogP contribution is 2.33. The molecule has 3 heteroatoms. The molecule has 0 atom stereocenters.